The minimum absolute atomic E-state index is 0.0832. The van der Waals surface area contributed by atoms with Crippen LogP contribution in [0.1, 0.15) is 27.7 Å². The SMILES string of the molecule is O=C1c2cccc3cccc(c23)C(O)N1CCN1CC=CC(Cc2ccccc2)C1. The first-order valence-corrected chi connectivity index (χ1v) is 10.6. The predicted octanol–water partition coefficient (Wildman–Crippen LogP) is 4.02. The number of hydrogen-bond acceptors (Lipinski definition) is 3. The van der Waals surface area contributed by atoms with Crippen LogP contribution in [0.4, 0.5) is 0 Å². The van der Waals surface area contributed by atoms with Gasteiger partial charge in [-0.25, -0.2) is 0 Å². The molecule has 0 radical (unpaired) electrons. The van der Waals surface area contributed by atoms with Gasteiger partial charge in [-0.3, -0.25) is 9.69 Å². The standard InChI is InChI=1S/C26H26N2O2/c29-25-22-12-4-10-21-11-5-13-23(24(21)22)26(30)28(25)16-15-27-14-6-9-20(18-27)17-19-7-2-1-3-8-19/h1-13,20,25,29H,14-18H2. The second kappa shape index (κ2) is 8.05. The van der Waals surface area contributed by atoms with Gasteiger partial charge in [-0.05, 0) is 29.4 Å². The van der Waals surface area contributed by atoms with E-state index in [1.165, 1.54) is 5.56 Å². The van der Waals surface area contributed by atoms with Gasteiger partial charge in [0.05, 0.1) is 0 Å². The van der Waals surface area contributed by atoms with Crippen LogP contribution >= 0.6 is 0 Å². The molecule has 0 fully saturated rings. The largest absolute Gasteiger partial charge is 0.369 e. The van der Waals surface area contributed by atoms with Crippen molar-refractivity contribution in [3.8, 4) is 0 Å². The number of aliphatic hydroxyl groups excluding tert-OH is 1. The van der Waals surface area contributed by atoms with Crippen LogP contribution in [0.25, 0.3) is 10.8 Å². The van der Waals surface area contributed by atoms with Crippen molar-refractivity contribution in [3.63, 3.8) is 0 Å². The van der Waals surface area contributed by atoms with Crippen molar-refractivity contribution >= 4 is 16.7 Å². The van der Waals surface area contributed by atoms with E-state index in [1.54, 1.807) is 4.90 Å². The summed E-state index contributed by atoms with van der Waals surface area (Å²) in [6.45, 7) is 3.11. The molecular weight excluding hydrogens is 372 g/mol. The fraction of sp³-hybridized carbons (Fsp3) is 0.269. The van der Waals surface area contributed by atoms with Crippen LogP contribution < -0.4 is 0 Å². The van der Waals surface area contributed by atoms with E-state index in [0.29, 0.717) is 18.0 Å². The van der Waals surface area contributed by atoms with Crippen molar-refractivity contribution in [3.05, 3.63) is 95.6 Å². The molecule has 0 spiro atoms. The number of nitrogens with zero attached hydrogens (tertiary/aromatic N) is 2. The number of amides is 1. The number of benzene rings is 3. The van der Waals surface area contributed by atoms with Crippen molar-refractivity contribution < 1.29 is 9.90 Å². The second-order valence-electron chi connectivity index (χ2n) is 8.26. The van der Waals surface area contributed by atoms with Gasteiger partial charge in [0.25, 0.3) is 5.91 Å². The fourth-order valence-corrected chi connectivity index (χ4v) is 4.77. The van der Waals surface area contributed by atoms with Crippen molar-refractivity contribution in [1.29, 1.82) is 0 Å². The summed E-state index contributed by atoms with van der Waals surface area (Å²) in [4.78, 5) is 17.1. The Morgan fingerprint density at radius 3 is 2.57 bits per heavy atom. The van der Waals surface area contributed by atoms with Crippen LogP contribution in [0.3, 0.4) is 0 Å². The summed E-state index contributed by atoms with van der Waals surface area (Å²) in [5, 5.41) is 12.8. The Balaban J connectivity index is 1.28. The van der Waals surface area contributed by atoms with Crippen LogP contribution in [0, 0.1) is 5.92 Å². The van der Waals surface area contributed by atoms with E-state index in [2.05, 4.69) is 41.3 Å². The first-order chi connectivity index (χ1) is 14.7. The molecule has 0 saturated carbocycles. The molecule has 0 saturated heterocycles. The van der Waals surface area contributed by atoms with E-state index in [4.69, 9.17) is 0 Å². The van der Waals surface area contributed by atoms with Crippen molar-refractivity contribution in [2.75, 3.05) is 26.2 Å². The highest BCUT2D eigenvalue weighted by atomic mass is 16.3. The summed E-state index contributed by atoms with van der Waals surface area (Å²) in [6.07, 6.45) is 4.66. The molecule has 152 valence electrons. The third-order valence-electron chi connectivity index (χ3n) is 6.26. The highest BCUT2D eigenvalue weighted by Gasteiger charge is 2.32. The van der Waals surface area contributed by atoms with Gasteiger partial charge in [0.1, 0.15) is 0 Å². The smallest absolute Gasteiger partial charge is 0.256 e. The van der Waals surface area contributed by atoms with Crippen LogP contribution in [0.5, 0.6) is 0 Å². The number of hydrogen-bond donors (Lipinski definition) is 1. The lowest BCUT2D eigenvalue weighted by Crippen LogP contribution is -2.44. The molecule has 2 atom stereocenters. The quantitative estimate of drug-likeness (QED) is 0.661. The molecule has 1 amide bonds. The Hall–Kier alpha value is -2.95. The van der Waals surface area contributed by atoms with Gasteiger partial charge >= 0.3 is 0 Å². The molecule has 4 heteroatoms. The second-order valence-corrected chi connectivity index (χ2v) is 8.26. The van der Waals surface area contributed by atoms with Gasteiger partial charge < -0.3 is 10.0 Å². The summed E-state index contributed by atoms with van der Waals surface area (Å²) in [7, 11) is 0. The van der Waals surface area contributed by atoms with Gasteiger partial charge in [0.2, 0.25) is 0 Å². The molecule has 2 unspecified atom stereocenters. The Morgan fingerprint density at radius 1 is 0.933 bits per heavy atom. The third-order valence-corrected chi connectivity index (χ3v) is 6.26. The molecule has 2 aliphatic heterocycles. The molecule has 30 heavy (non-hydrogen) atoms. The average molecular weight is 399 g/mol. The average Bonchev–Trinajstić information content (AvgIpc) is 2.78. The molecule has 1 N–H and O–H groups in total. The Morgan fingerprint density at radius 2 is 1.73 bits per heavy atom. The van der Waals surface area contributed by atoms with E-state index in [-0.39, 0.29) is 5.91 Å². The number of rotatable bonds is 5. The van der Waals surface area contributed by atoms with E-state index >= 15 is 0 Å². The molecule has 2 heterocycles. The molecule has 0 aromatic heterocycles. The van der Waals surface area contributed by atoms with Gasteiger partial charge in [-0.1, -0.05) is 72.8 Å². The van der Waals surface area contributed by atoms with Gasteiger partial charge in [0, 0.05) is 42.7 Å². The zero-order valence-corrected chi connectivity index (χ0v) is 16.9. The number of carbonyl (C=O) groups excluding carboxylic acids is 1. The zero-order chi connectivity index (χ0) is 20.5. The normalized spacial score (nSPS) is 21.4. The molecular formula is C26H26N2O2. The van der Waals surface area contributed by atoms with Gasteiger partial charge in [0.15, 0.2) is 6.23 Å². The van der Waals surface area contributed by atoms with Crippen molar-refractivity contribution in [2.45, 2.75) is 12.6 Å². The maximum Gasteiger partial charge on any atom is 0.256 e. The highest BCUT2D eigenvalue weighted by molar-refractivity contribution is 6.10. The van der Waals surface area contributed by atoms with Crippen LogP contribution in [-0.4, -0.2) is 47.0 Å². The van der Waals surface area contributed by atoms with E-state index < -0.39 is 6.23 Å². The zero-order valence-electron chi connectivity index (χ0n) is 16.9. The lowest BCUT2D eigenvalue weighted by Gasteiger charge is -2.36. The molecule has 3 aromatic rings. The lowest BCUT2D eigenvalue weighted by atomic mass is 9.93. The van der Waals surface area contributed by atoms with Crippen LogP contribution in [0.15, 0.2) is 78.9 Å². The summed E-state index contributed by atoms with van der Waals surface area (Å²) in [6, 6.07) is 22.2. The summed E-state index contributed by atoms with van der Waals surface area (Å²) in [5.74, 6) is 0.387. The van der Waals surface area contributed by atoms with Crippen LogP contribution in [0.2, 0.25) is 0 Å². The number of aliphatic hydroxyl groups is 1. The summed E-state index contributed by atoms with van der Waals surface area (Å²) in [5.41, 5.74) is 2.86. The molecule has 0 bridgehead atoms. The third kappa shape index (κ3) is 3.53. The topological polar surface area (TPSA) is 43.8 Å². The maximum absolute atomic E-state index is 13.1. The fourth-order valence-electron chi connectivity index (χ4n) is 4.77. The molecule has 0 aliphatic carbocycles. The molecule has 3 aromatic carbocycles. The molecule has 5 rings (SSSR count). The monoisotopic (exact) mass is 398 g/mol. The Labute approximate surface area is 177 Å². The summed E-state index contributed by atoms with van der Waals surface area (Å²) >= 11 is 0. The predicted molar refractivity (Wildman–Crippen MR) is 119 cm³/mol. The van der Waals surface area contributed by atoms with Crippen molar-refractivity contribution in [2.24, 2.45) is 5.92 Å². The molecule has 2 aliphatic rings. The van der Waals surface area contributed by atoms with Crippen molar-refractivity contribution in [1.82, 2.24) is 9.80 Å². The Bertz CT molecular complexity index is 1090. The van der Waals surface area contributed by atoms with Gasteiger partial charge in [-0.2, -0.15) is 0 Å². The lowest BCUT2D eigenvalue weighted by molar-refractivity contribution is 0.00107. The molecule has 4 nitrogen and oxygen atoms in total. The van der Waals surface area contributed by atoms with Crippen LogP contribution in [-0.2, 0) is 6.42 Å². The Kier molecular flexibility index (Phi) is 5.11. The van der Waals surface area contributed by atoms with E-state index in [9.17, 15) is 9.90 Å². The summed E-state index contributed by atoms with van der Waals surface area (Å²) < 4.78 is 0. The van der Waals surface area contributed by atoms with E-state index in [1.807, 2.05) is 42.5 Å². The number of carbonyl (C=O) groups is 1. The first kappa shape index (κ1) is 19.0. The highest BCUT2D eigenvalue weighted by Crippen LogP contribution is 2.35. The van der Waals surface area contributed by atoms with E-state index in [0.717, 1.165) is 42.4 Å². The minimum atomic E-state index is -0.892. The van der Waals surface area contributed by atoms with Gasteiger partial charge in [-0.15, -0.1) is 0 Å². The first-order valence-electron chi connectivity index (χ1n) is 10.6. The minimum Gasteiger partial charge on any atom is -0.369 e. The maximum atomic E-state index is 13.1.